The number of thioether (sulfide) groups is 1. The van der Waals surface area contributed by atoms with Crippen molar-refractivity contribution in [3.05, 3.63) is 57.7 Å². The molecule has 0 saturated heterocycles. The van der Waals surface area contributed by atoms with Crippen molar-refractivity contribution in [2.75, 3.05) is 29.6 Å². The molecule has 4 rings (SSSR count). The first kappa shape index (κ1) is 26.9. The number of anilines is 2. The van der Waals surface area contributed by atoms with E-state index in [1.807, 2.05) is 39.0 Å². The number of hydrogen-bond acceptors (Lipinski definition) is 8. The molecule has 37 heavy (non-hydrogen) atoms. The van der Waals surface area contributed by atoms with E-state index in [9.17, 15) is 9.90 Å². The third-order valence-corrected chi connectivity index (χ3v) is 7.26. The predicted molar refractivity (Wildman–Crippen MR) is 149 cm³/mol. The Morgan fingerprint density at radius 3 is 2.65 bits per heavy atom. The smallest absolute Gasteiger partial charge is 0.255 e. The summed E-state index contributed by atoms with van der Waals surface area (Å²) in [6.45, 7) is 8.52. The Balaban J connectivity index is 1.82. The number of carbonyl (C=O) groups is 1. The molecule has 1 amide bonds. The monoisotopic (exact) mass is 587 g/mol. The van der Waals surface area contributed by atoms with Gasteiger partial charge in [0.05, 0.1) is 28.9 Å². The Morgan fingerprint density at radius 1 is 1.19 bits per heavy atom. The minimum Gasteiger partial charge on any atom is -0.503 e. The highest BCUT2D eigenvalue weighted by Gasteiger charge is 2.35. The number of aromatic nitrogens is 3. The van der Waals surface area contributed by atoms with Crippen molar-refractivity contribution in [3.63, 3.8) is 0 Å². The van der Waals surface area contributed by atoms with Crippen molar-refractivity contribution in [2.24, 2.45) is 0 Å². The van der Waals surface area contributed by atoms with Gasteiger partial charge >= 0.3 is 0 Å². The topological polar surface area (TPSA) is 111 Å². The van der Waals surface area contributed by atoms with Crippen LogP contribution in [0.2, 0.25) is 0 Å². The molecular weight excluding hydrogens is 558 g/mol. The number of phenols is 1. The van der Waals surface area contributed by atoms with E-state index in [0.29, 0.717) is 62.8 Å². The first-order valence-corrected chi connectivity index (χ1v) is 13.9. The third kappa shape index (κ3) is 5.72. The molecule has 11 heteroatoms. The fourth-order valence-corrected chi connectivity index (χ4v) is 5.19. The van der Waals surface area contributed by atoms with Gasteiger partial charge in [-0.3, -0.25) is 4.79 Å². The normalized spacial score (nSPS) is 14.7. The number of para-hydroxylation sites is 2. The van der Waals surface area contributed by atoms with E-state index < -0.39 is 6.04 Å². The van der Waals surface area contributed by atoms with Crippen molar-refractivity contribution >= 4 is 45.2 Å². The van der Waals surface area contributed by atoms with Crippen LogP contribution in [0.15, 0.2) is 57.3 Å². The van der Waals surface area contributed by atoms with E-state index in [-0.39, 0.29) is 11.7 Å². The lowest BCUT2D eigenvalue weighted by molar-refractivity contribution is -0.113. The van der Waals surface area contributed by atoms with Crippen LogP contribution < -0.4 is 20.1 Å². The average molecular weight is 589 g/mol. The van der Waals surface area contributed by atoms with Gasteiger partial charge < -0.3 is 25.2 Å². The summed E-state index contributed by atoms with van der Waals surface area (Å²) in [6, 6.07) is 10.2. The number of fused-ring (bicyclic) bond motifs is 1. The molecule has 0 radical (unpaired) electrons. The number of allylic oxidation sites excluding steroid dienone is 1. The number of nitrogens with one attached hydrogen (secondary N) is 2. The first-order chi connectivity index (χ1) is 17.9. The molecule has 0 bridgehead atoms. The predicted octanol–water partition coefficient (Wildman–Crippen LogP) is 5.97. The molecule has 3 aromatic rings. The van der Waals surface area contributed by atoms with Crippen molar-refractivity contribution in [3.8, 4) is 17.2 Å². The van der Waals surface area contributed by atoms with E-state index in [0.717, 1.165) is 12.2 Å². The fraction of sp³-hybridized carbons (Fsp3) is 0.346. The molecule has 0 spiro atoms. The Morgan fingerprint density at radius 2 is 1.92 bits per heavy atom. The van der Waals surface area contributed by atoms with Crippen LogP contribution >= 0.6 is 27.7 Å². The van der Waals surface area contributed by atoms with Crippen LogP contribution in [0, 0.1) is 0 Å². The van der Waals surface area contributed by atoms with Crippen LogP contribution in [0.5, 0.6) is 17.2 Å². The summed E-state index contributed by atoms with van der Waals surface area (Å²) in [5.41, 5.74) is 2.37. The Bertz CT molecular complexity index is 1330. The Labute approximate surface area is 228 Å². The first-order valence-electron chi connectivity index (χ1n) is 12.1. The van der Waals surface area contributed by atoms with Crippen molar-refractivity contribution in [2.45, 2.75) is 45.3 Å². The van der Waals surface area contributed by atoms with Gasteiger partial charge in [0, 0.05) is 11.4 Å². The molecule has 3 N–H and O–H groups in total. The van der Waals surface area contributed by atoms with Gasteiger partial charge in [0.25, 0.3) is 5.91 Å². The molecule has 0 aliphatic carbocycles. The maximum atomic E-state index is 13.8. The summed E-state index contributed by atoms with van der Waals surface area (Å²) in [5, 5.41) is 22.1. The highest BCUT2D eigenvalue weighted by molar-refractivity contribution is 9.10. The third-order valence-electron chi connectivity index (χ3n) is 5.61. The molecule has 2 aromatic carbocycles. The maximum absolute atomic E-state index is 13.8. The molecule has 1 atom stereocenters. The number of rotatable bonds is 10. The summed E-state index contributed by atoms with van der Waals surface area (Å²) in [5.74, 6) is 1.99. The van der Waals surface area contributed by atoms with Crippen LogP contribution in [-0.2, 0) is 4.79 Å². The lowest BCUT2D eigenvalue weighted by Gasteiger charge is -2.29. The van der Waals surface area contributed by atoms with E-state index in [2.05, 4.69) is 38.5 Å². The Kier molecular flexibility index (Phi) is 8.65. The van der Waals surface area contributed by atoms with Crippen LogP contribution in [0.3, 0.4) is 0 Å². The van der Waals surface area contributed by atoms with Crippen molar-refractivity contribution < 1.29 is 19.4 Å². The summed E-state index contributed by atoms with van der Waals surface area (Å²) >= 11 is 4.99. The molecule has 2 heterocycles. The summed E-state index contributed by atoms with van der Waals surface area (Å²) in [6.07, 6.45) is 0.984. The molecule has 1 aliphatic rings. The lowest BCUT2D eigenvalue weighted by Crippen LogP contribution is -2.31. The molecule has 1 unspecified atom stereocenters. The SMILES string of the molecule is CCCSc1nc2n(n1)C(c1cc(Br)c(O)c(OCC)c1)C(C(=O)Nc1ccccc1OCC)=C(C)N2. The summed E-state index contributed by atoms with van der Waals surface area (Å²) in [4.78, 5) is 18.5. The van der Waals surface area contributed by atoms with E-state index in [4.69, 9.17) is 14.6 Å². The van der Waals surface area contributed by atoms with Gasteiger partial charge in [0.15, 0.2) is 11.5 Å². The second-order valence-corrected chi connectivity index (χ2v) is 10.2. The second-order valence-electron chi connectivity index (χ2n) is 8.24. The highest BCUT2D eigenvalue weighted by Crippen LogP contribution is 2.43. The molecule has 0 fully saturated rings. The minimum absolute atomic E-state index is 0.00474. The highest BCUT2D eigenvalue weighted by atomic mass is 79.9. The number of carbonyl (C=O) groups excluding carboxylic acids is 1. The van der Waals surface area contributed by atoms with Crippen molar-refractivity contribution in [1.82, 2.24) is 14.8 Å². The molecular formula is C26H30BrN5O4S. The number of amides is 1. The number of benzene rings is 2. The number of hydrogen-bond donors (Lipinski definition) is 3. The summed E-state index contributed by atoms with van der Waals surface area (Å²) in [7, 11) is 0. The number of phenolic OH excluding ortho intramolecular Hbond substituents is 1. The van der Waals surface area contributed by atoms with Gasteiger partial charge in [-0.2, -0.15) is 4.98 Å². The van der Waals surface area contributed by atoms with Crippen LogP contribution in [0.4, 0.5) is 11.6 Å². The number of aromatic hydroxyl groups is 1. The molecule has 1 aromatic heterocycles. The van der Waals surface area contributed by atoms with Gasteiger partial charge in [-0.05, 0) is 73.0 Å². The van der Waals surface area contributed by atoms with Gasteiger partial charge in [0.1, 0.15) is 11.8 Å². The molecule has 0 saturated carbocycles. The van der Waals surface area contributed by atoms with Gasteiger partial charge in [-0.25, -0.2) is 4.68 Å². The number of halogens is 1. The molecule has 196 valence electrons. The Hall–Kier alpha value is -3.18. The second kappa shape index (κ2) is 11.9. The summed E-state index contributed by atoms with van der Waals surface area (Å²) < 4.78 is 13.5. The van der Waals surface area contributed by atoms with E-state index >= 15 is 0 Å². The van der Waals surface area contributed by atoms with Crippen LogP contribution in [-0.4, -0.2) is 44.7 Å². The van der Waals surface area contributed by atoms with Crippen LogP contribution in [0.1, 0.15) is 45.7 Å². The average Bonchev–Trinajstić information content (AvgIpc) is 3.28. The molecule has 9 nitrogen and oxygen atoms in total. The minimum atomic E-state index is -0.630. The van der Waals surface area contributed by atoms with Gasteiger partial charge in [0.2, 0.25) is 11.1 Å². The zero-order valence-corrected chi connectivity index (χ0v) is 23.6. The van der Waals surface area contributed by atoms with Crippen molar-refractivity contribution in [1.29, 1.82) is 0 Å². The maximum Gasteiger partial charge on any atom is 0.255 e. The van der Waals surface area contributed by atoms with Gasteiger partial charge in [-0.15, -0.1) is 5.10 Å². The van der Waals surface area contributed by atoms with E-state index in [1.165, 1.54) is 0 Å². The van der Waals surface area contributed by atoms with Crippen LogP contribution in [0.25, 0.3) is 0 Å². The lowest BCUT2D eigenvalue weighted by atomic mass is 9.94. The molecule has 1 aliphatic heterocycles. The number of nitrogens with zero attached hydrogens (tertiary/aromatic N) is 3. The fourth-order valence-electron chi connectivity index (χ4n) is 4.05. The quantitative estimate of drug-likeness (QED) is 0.249. The zero-order valence-electron chi connectivity index (χ0n) is 21.2. The van der Waals surface area contributed by atoms with Gasteiger partial charge in [-0.1, -0.05) is 30.8 Å². The largest absolute Gasteiger partial charge is 0.503 e. The number of ether oxygens (including phenoxy) is 2. The van der Waals surface area contributed by atoms with E-state index in [1.54, 1.807) is 34.6 Å². The zero-order chi connectivity index (χ0) is 26.5. The standard InChI is InChI=1S/C26H30BrN5O4S/c1-5-12-37-26-30-25-28-15(4)21(24(34)29-18-10-8-9-11-19(18)35-6-2)22(32(25)31-26)16-13-17(27)23(33)20(14-16)36-7-3/h8-11,13-14,22,33H,5-7,12H2,1-4H3,(H,29,34)(H,28,30,31).